The highest BCUT2D eigenvalue weighted by molar-refractivity contribution is 6.07. The number of carbonyl (C=O) groups is 6. The molecule has 15 heteroatoms. The van der Waals surface area contributed by atoms with Crippen LogP contribution < -0.4 is 21.1 Å². The zero-order chi connectivity index (χ0) is 32.6. The molecule has 0 spiro atoms. The van der Waals surface area contributed by atoms with E-state index in [1.165, 1.54) is 12.1 Å². The van der Waals surface area contributed by atoms with Gasteiger partial charge in [0.15, 0.2) is 6.10 Å². The molecule has 0 bridgehead atoms. The van der Waals surface area contributed by atoms with E-state index < -0.39 is 66.0 Å². The quantitative estimate of drug-likeness (QED) is 0.140. The van der Waals surface area contributed by atoms with Crippen LogP contribution in [0.3, 0.4) is 0 Å². The molecule has 242 valence electrons. The molecular weight excluding hydrogens is 580 g/mol. The van der Waals surface area contributed by atoms with Gasteiger partial charge in [-0.2, -0.15) is 0 Å². The van der Waals surface area contributed by atoms with Crippen molar-refractivity contribution < 1.29 is 53.2 Å². The van der Waals surface area contributed by atoms with Gasteiger partial charge in [0.25, 0.3) is 0 Å². The zero-order valence-corrected chi connectivity index (χ0v) is 24.9. The van der Waals surface area contributed by atoms with Gasteiger partial charge in [-0.25, -0.2) is 4.79 Å². The van der Waals surface area contributed by atoms with Gasteiger partial charge in [-0.1, -0.05) is 26.8 Å². The Morgan fingerprint density at radius 1 is 1.18 bits per heavy atom. The first kappa shape index (κ1) is 34.4. The maximum absolute atomic E-state index is 12.9. The average molecular weight is 621 g/mol. The van der Waals surface area contributed by atoms with Crippen molar-refractivity contribution in [1.82, 2.24) is 10.2 Å². The topological polar surface area (TPSA) is 224 Å². The first-order valence-corrected chi connectivity index (χ1v) is 14.5. The fourth-order valence-electron chi connectivity index (χ4n) is 4.85. The number of aliphatic hydroxyl groups excluding tert-OH is 1. The minimum Gasteiger partial charge on any atom is -0.479 e. The molecule has 0 saturated carbocycles. The van der Waals surface area contributed by atoms with E-state index in [9.17, 15) is 39.0 Å². The number of carboxylic acids is 1. The Balaban J connectivity index is 1.66. The van der Waals surface area contributed by atoms with Crippen molar-refractivity contribution in [3.63, 3.8) is 0 Å². The number of esters is 1. The minimum atomic E-state index is -1.28. The lowest BCUT2D eigenvalue weighted by molar-refractivity contribution is -0.195. The van der Waals surface area contributed by atoms with Gasteiger partial charge < -0.3 is 40.8 Å². The Hall–Kier alpha value is -4.08. The van der Waals surface area contributed by atoms with Crippen molar-refractivity contribution in [3.05, 3.63) is 23.8 Å². The number of nitrogens with zero attached hydrogens (tertiary/aromatic N) is 1. The zero-order valence-electron chi connectivity index (χ0n) is 24.9. The molecular formula is C29H40N4O11. The molecule has 1 aromatic rings. The summed E-state index contributed by atoms with van der Waals surface area (Å²) in [5.41, 5.74) is 6.40. The highest BCUT2D eigenvalue weighted by atomic mass is 16.7. The van der Waals surface area contributed by atoms with Crippen molar-refractivity contribution >= 4 is 41.3 Å². The number of hydrogen-bond donors (Lipinski definition) is 5. The third-order valence-corrected chi connectivity index (χ3v) is 7.32. The Morgan fingerprint density at radius 2 is 1.91 bits per heavy atom. The molecule has 4 amide bonds. The Kier molecular flexibility index (Phi) is 12.2. The van der Waals surface area contributed by atoms with Crippen LogP contribution in [0.4, 0.5) is 5.69 Å². The molecule has 3 rings (SSSR count). The fourth-order valence-corrected chi connectivity index (χ4v) is 4.85. The van der Waals surface area contributed by atoms with Gasteiger partial charge in [0, 0.05) is 51.1 Å². The second kappa shape index (κ2) is 15.6. The van der Waals surface area contributed by atoms with E-state index in [2.05, 4.69) is 10.6 Å². The van der Waals surface area contributed by atoms with E-state index in [0.29, 0.717) is 5.56 Å². The fraction of sp³-hybridized carbons (Fsp3) is 0.586. The van der Waals surface area contributed by atoms with Gasteiger partial charge in [0.05, 0.1) is 11.8 Å². The molecule has 6 N–H and O–H groups in total. The Bertz CT molecular complexity index is 1250. The molecule has 2 aliphatic rings. The Morgan fingerprint density at radius 3 is 2.52 bits per heavy atom. The van der Waals surface area contributed by atoms with E-state index in [4.69, 9.17) is 19.9 Å². The summed E-state index contributed by atoms with van der Waals surface area (Å²) in [6.45, 7) is 4.77. The van der Waals surface area contributed by atoms with Crippen LogP contribution in [-0.2, 0) is 44.8 Å². The summed E-state index contributed by atoms with van der Waals surface area (Å²) >= 11 is 0. The molecule has 0 radical (unpaired) electrons. The molecule has 1 aromatic carbocycles. The number of aliphatic hydroxyl groups is 1. The minimum absolute atomic E-state index is 0.00558. The summed E-state index contributed by atoms with van der Waals surface area (Å²) in [4.78, 5) is 74.8. The van der Waals surface area contributed by atoms with Crippen LogP contribution in [0.1, 0.15) is 58.4 Å². The van der Waals surface area contributed by atoms with Crippen LogP contribution in [0.25, 0.3) is 0 Å². The summed E-state index contributed by atoms with van der Waals surface area (Å²) in [6, 6.07) is 3.36. The largest absolute Gasteiger partial charge is 0.479 e. The number of benzene rings is 1. The van der Waals surface area contributed by atoms with Crippen molar-refractivity contribution in [2.24, 2.45) is 17.6 Å². The molecule has 2 aliphatic heterocycles. The number of rotatable bonds is 14. The third kappa shape index (κ3) is 8.97. The van der Waals surface area contributed by atoms with Crippen molar-refractivity contribution in [1.29, 1.82) is 0 Å². The van der Waals surface area contributed by atoms with Crippen LogP contribution in [0, 0.1) is 11.8 Å². The van der Waals surface area contributed by atoms with Gasteiger partial charge in [0.1, 0.15) is 18.4 Å². The van der Waals surface area contributed by atoms with Crippen LogP contribution in [0.5, 0.6) is 5.75 Å². The number of aliphatic carboxylic acids is 1. The molecule has 5 atom stereocenters. The Labute approximate surface area is 254 Å². The number of likely N-dealkylation sites (tertiary alicyclic amines) is 1. The molecule has 2 saturated heterocycles. The molecule has 5 unspecified atom stereocenters. The van der Waals surface area contributed by atoms with E-state index in [-0.39, 0.29) is 69.2 Å². The first-order valence-electron chi connectivity index (χ1n) is 14.5. The van der Waals surface area contributed by atoms with Gasteiger partial charge in [-0.3, -0.25) is 28.9 Å². The predicted octanol–water partition coefficient (Wildman–Crippen LogP) is 0.272. The lowest BCUT2D eigenvalue weighted by atomic mass is 9.94. The average Bonchev–Trinajstić information content (AvgIpc) is 3.26. The molecule has 2 heterocycles. The van der Waals surface area contributed by atoms with Gasteiger partial charge in [-0.05, 0) is 23.6 Å². The van der Waals surface area contributed by atoms with E-state index in [0.717, 1.165) is 4.90 Å². The molecule has 2 fully saturated rings. The summed E-state index contributed by atoms with van der Waals surface area (Å²) in [5.74, 6) is -4.33. The number of anilines is 1. The standard InChI is InChI=1S/C29H40N4O11/c1-4-25(37)42-14-16-5-6-21(43-26-11-17(34)10-22(44-26)29(40)41)19(9-16)32-23(35)7-8-31-27(38)20(13-30)33-24(36)12-18(15(2)3)28(33)39/h5-6,9,15,17-18,20,22,26,34H,4,7-8,10-14,30H2,1-3H3,(H,31,38)(H,32,35)(H,40,41). The highest BCUT2D eigenvalue weighted by Crippen LogP contribution is 2.31. The highest BCUT2D eigenvalue weighted by Gasteiger charge is 2.45. The van der Waals surface area contributed by atoms with Gasteiger partial charge in [-0.15, -0.1) is 0 Å². The smallest absolute Gasteiger partial charge is 0.333 e. The van der Waals surface area contributed by atoms with Crippen LogP contribution >= 0.6 is 0 Å². The number of imide groups is 1. The van der Waals surface area contributed by atoms with E-state index in [1.54, 1.807) is 13.0 Å². The second-order valence-electron chi connectivity index (χ2n) is 11.0. The number of amides is 4. The summed E-state index contributed by atoms with van der Waals surface area (Å²) in [7, 11) is 0. The number of carboxylic acid groups (broad SMARTS) is 1. The molecule has 0 aromatic heterocycles. The summed E-state index contributed by atoms with van der Waals surface area (Å²) in [5, 5.41) is 24.6. The monoisotopic (exact) mass is 620 g/mol. The number of carbonyl (C=O) groups excluding carboxylic acids is 5. The number of ether oxygens (including phenoxy) is 3. The predicted molar refractivity (Wildman–Crippen MR) is 153 cm³/mol. The van der Waals surface area contributed by atoms with Crippen molar-refractivity contribution in [3.8, 4) is 5.75 Å². The van der Waals surface area contributed by atoms with Crippen LogP contribution in [-0.4, -0.2) is 88.3 Å². The van der Waals surface area contributed by atoms with E-state index >= 15 is 0 Å². The molecule has 0 aliphatic carbocycles. The first-order chi connectivity index (χ1) is 20.8. The van der Waals surface area contributed by atoms with Crippen LogP contribution in [0.2, 0.25) is 0 Å². The van der Waals surface area contributed by atoms with Gasteiger partial charge in [0.2, 0.25) is 29.9 Å². The van der Waals surface area contributed by atoms with Crippen molar-refractivity contribution in [2.45, 2.75) is 84.0 Å². The number of hydrogen-bond acceptors (Lipinski definition) is 11. The van der Waals surface area contributed by atoms with Gasteiger partial charge >= 0.3 is 11.9 Å². The number of nitrogens with two attached hydrogens (primary N) is 1. The number of nitrogens with one attached hydrogen (secondary N) is 2. The lowest BCUT2D eigenvalue weighted by Crippen LogP contribution is -2.53. The SMILES string of the molecule is CCC(=O)OCc1ccc(OC2CC(O)CC(C(=O)O)O2)c(NC(=O)CCNC(=O)C(CN)N2C(=O)CC(C(C)C)C2=O)c1. The molecule has 15 nitrogen and oxygen atoms in total. The summed E-state index contributed by atoms with van der Waals surface area (Å²) < 4.78 is 16.4. The molecule has 44 heavy (non-hydrogen) atoms. The maximum atomic E-state index is 12.9. The summed E-state index contributed by atoms with van der Waals surface area (Å²) in [6.07, 6.45) is -3.54. The second-order valence-corrected chi connectivity index (χ2v) is 11.0. The van der Waals surface area contributed by atoms with Crippen molar-refractivity contribution in [2.75, 3.05) is 18.4 Å². The van der Waals surface area contributed by atoms with E-state index in [1.807, 2.05) is 13.8 Å². The lowest BCUT2D eigenvalue weighted by Gasteiger charge is -2.31. The maximum Gasteiger partial charge on any atom is 0.333 e. The third-order valence-electron chi connectivity index (χ3n) is 7.32. The normalized spacial score (nSPS) is 22.5. The van der Waals surface area contributed by atoms with Crippen LogP contribution in [0.15, 0.2) is 18.2 Å².